The highest BCUT2D eigenvalue weighted by atomic mass is 19.1. The maximum Gasteiger partial charge on any atom is 0.123 e. The standard InChI is InChI=1S/C26H35FN4/c1-20-18-30(17-14-28-20)19-22-4-10-26(11-5-22)29(3)21(2)31-15-12-24(13-16-31)23-6-8-25(27)9-7-23/h4-11,20,24,28H,2,12-19H2,1,3H3/t20-/m0/s1. The lowest BCUT2D eigenvalue weighted by atomic mass is 9.89. The Morgan fingerprint density at radius 2 is 1.74 bits per heavy atom. The van der Waals surface area contributed by atoms with Gasteiger partial charge in [0.25, 0.3) is 0 Å². The maximum atomic E-state index is 13.2. The van der Waals surface area contributed by atoms with Crippen LogP contribution in [0.4, 0.5) is 10.1 Å². The fourth-order valence-electron chi connectivity index (χ4n) is 4.81. The largest absolute Gasteiger partial charge is 0.358 e. The van der Waals surface area contributed by atoms with Crippen molar-refractivity contribution in [3.63, 3.8) is 0 Å². The van der Waals surface area contributed by atoms with E-state index in [4.69, 9.17) is 0 Å². The van der Waals surface area contributed by atoms with Crippen molar-refractivity contribution in [2.24, 2.45) is 0 Å². The van der Waals surface area contributed by atoms with Crippen LogP contribution in [0.5, 0.6) is 0 Å². The van der Waals surface area contributed by atoms with E-state index < -0.39 is 0 Å². The van der Waals surface area contributed by atoms with Gasteiger partial charge in [0.05, 0.1) is 0 Å². The van der Waals surface area contributed by atoms with Gasteiger partial charge in [-0.1, -0.05) is 30.8 Å². The average Bonchev–Trinajstić information content (AvgIpc) is 2.79. The van der Waals surface area contributed by atoms with Crippen molar-refractivity contribution >= 4 is 5.69 Å². The highest BCUT2D eigenvalue weighted by molar-refractivity contribution is 5.51. The Kier molecular flexibility index (Phi) is 6.93. The third-order valence-corrected chi connectivity index (χ3v) is 6.77. The van der Waals surface area contributed by atoms with Crippen LogP contribution in [0.3, 0.4) is 0 Å². The van der Waals surface area contributed by atoms with Crippen LogP contribution in [0.1, 0.15) is 36.8 Å². The van der Waals surface area contributed by atoms with E-state index in [0.29, 0.717) is 12.0 Å². The Hall–Kier alpha value is -2.37. The molecular weight excluding hydrogens is 387 g/mol. The topological polar surface area (TPSA) is 21.8 Å². The van der Waals surface area contributed by atoms with Crippen molar-refractivity contribution in [2.75, 3.05) is 44.7 Å². The van der Waals surface area contributed by atoms with Gasteiger partial charge in [-0.3, -0.25) is 4.90 Å². The van der Waals surface area contributed by atoms with E-state index in [1.165, 1.54) is 16.8 Å². The molecule has 0 radical (unpaired) electrons. The van der Waals surface area contributed by atoms with Gasteiger partial charge in [-0.25, -0.2) is 4.39 Å². The van der Waals surface area contributed by atoms with Crippen LogP contribution in [0.15, 0.2) is 60.9 Å². The van der Waals surface area contributed by atoms with E-state index in [9.17, 15) is 4.39 Å². The Labute approximate surface area is 186 Å². The fraction of sp³-hybridized carbons (Fsp3) is 0.462. The number of benzene rings is 2. The van der Waals surface area contributed by atoms with Crippen LogP contribution in [0, 0.1) is 5.82 Å². The normalized spacial score (nSPS) is 20.6. The Balaban J connectivity index is 1.30. The molecule has 0 spiro atoms. The van der Waals surface area contributed by atoms with Crippen molar-refractivity contribution in [1.29, 1.82) is 0 Å². The first kappa shape index (κ1) is 21.8. The van der Waals surface area contributed by atoms with Crippen LogP contribution in [0.25, 0.3) is 0 Å². The number of rotatable bonds is 6. The summed E-state index contributed by atoms with van der Waals surface area (Å²) in [5, 5.41) is 3.50. The van der Waals surface area contributed by atoms with Gasteiger partial charge in [0.2, 0.25) is 0 Å². The second-order valence-corrected chi connectivity index (χ2v) is 9.04. The molecular formula is C26H35FN4. The molecule has 166 valence electrons. The molecule has 1 atom stereocenters. The third-order valence-electron chi connectivity index (χ3n) is 6.77. The smallest absolute Gasteiger partial charge is 0.123 e. The zero-order chi connectivity index (χ0) is 21.8. The number of piperidine rings is 1. The Morgan fingerprint density at radius 1 is 1.06 bits per heavy atom. The minimum atomic E-state index is -0.162. The number of halogens is 1. The number of nitrogens with one attached hydrogen (secondary N) is 1. The first-order chi connectivity index (χ1) is 15.0. The molecule has 2 aliphatic heterocycles. The van der Waals surface area contributed by atoms with E-state index in [1.54, 1.807) is 12.1 Å². The molecule has 2 fully saturated rings. The van der Waals surface area contributed by atoms with Gasteiger partial charge in [-0.15, -0.1) is 0 Å². The molecule has 2 aromatic carbocycles. The monoisotopic (exact) mass is 422 g/mol. The molecule has 0 unspecified atom stereocenters. The highest BCUT2D eigenvalue weighted by Crippen LogP contribution is 2.30. The van der Waals surface area contributed by atoms with Gasteiger partial charge in [-0.2, -0.15) is 0 Å². The number of hydrogen-bond donors (Lipinski definition) is 1. The maximum absolute atomic E-state index is 13.2. The first-order valence-corrected chi connectivity index (χ1v) is 11.5. The van der Waals surface area contributed by atoms with Crippen LogP contribution in [-0.2, 0) is 6.54 Å². The summed E-state index contributed by atoms with van der Waals surface area (Å²) in [6, 6.07) is 16.5. The van der Waals surface area contributed by atoms with Crippen molar-refractivity contribution in [3.05, 3.63) is 77.9 Å². The van der Waals surface area contributed by atoms with Crippen LogP contribution >= 0.6 is 0 Å². The van der Waals surface area contributed by atoms with E-state index in [0.717, 1.165) is 57.9 Å². The molecule has 0 saturated carbocycles. The molecule has 2 saturated heterocycles. The molecule has 2 aliphatic rings. The first-order valence-electron chi connectivity index (χ1n) is 11.5. The van der Waals surface area contributed by atoms with Crippen LogP contribution < -0.4 is 10.2 Å². The summed E-state index contributed by atoms with van der Waals surface area (Å²) in [6.07, 6.45) is 2.14. The fourth-order valence-corrected chi connectivity index (χ4v) is 4.81. The van der Waals surface area contributed by atoms with Gasteiger partial charge >= 0.3 is 0 Å². The molecule has 4 nitrogen and oxygen atoms in total. The molecule has 0 aromatic heterocycles. The lowest BCUT2D eigenvalue weighted by Gasteiger charge is -2.38. The second kappa shape index (κ2) is 9.84. The summed E-state index contributed by atoms with van der Waals surface area (Å²) in [5.74, 6) is 1.38. The predicted octanol–water partition coefficient (Wildman–Crippen LogP) is 4.41. The number of piperazine rings is 1. The quantitative estimate of drug-likeness (QED) is 0.745. The van der Waals surface area contributed by atoms with Crippen molar-refractivity contribution in [2.45, 2.75) is 38.3 Å². The molecule has 0 bridgehead atoms. The van der Waals surface area contributed by atoms with Gasteiger partial charge < -0.3 is 15.1 Å². The lowest BCUT2D eigenvalue weighted by molar-refractivity contribution is 0.199. The minimum absolute atomic E-state index is 0.162. The molecule has 5 heteroatoms. The summed E-state index contributed by atoms with van der Waals surface area (Å²) in [5.41, 5.74) is 3.77. The van der Waals surface area contributed by atoms with Gasteiger partial charge in [0.1, 0.15) is 11.6 Å². The SMILES string of the molecule is C=C(N1CCC(c2ccc(F)cc2)CC1)N(C)c1ccc(CN2CCN[C@@H](C)C2)cc1. The molecule has 1 N–H and O–H groups in total. The van der Waals surface area contributed by atoms with Crippen molar-refractivity contribution < 1.29 is 4.39 Å². The Bertz CT molecular complexity index is 856. The average molecular weight is 423 g/mol. The summed E-state index contributed by atoms with van der Waals surface area (Å²) in [4.78, 5) is 7.08. The lowest BCUT2D eigenvalue weighted by Crippen LogP contribution is -2.48. The number of nitrogens with zero attached hydrogens (tertiary/aromatic N) is 3. The number of anilines is 1. The van der Waals surface area contributed by atoms with E-state index in [-0.39, 0.29) is 5.82 Å². The summed E-state index contributed by atoms with van der Waals surface area (Å²) in [6.45, 7) is 12.9. The van der Waals surface area contributed by atoms with Crippen molar-refractivity contribution in [1.82, 2.24) is 15.1 Å². The van der Waals surface area contributed by atoms with Crippen LogP contribution in [0.2, 0.25) is 0 Å². The van der Waals surface area contributed by atoms with Crippen LogP contribution in [-0.4, -0.2) is 55.6 Å². The second-order valence-electron chi connectivity index (χ2n) is 9.04. The minimum Gasteiger partial charge on any atom is -0.358 e. The molecule has 31 heavy (non-hydrogen) atoms. The summed E-state index contributed by atoms with van der Waals surface area (Å²) in [7, 11) is 2.10. The molecule has 2 heterocycles. The van der Waals surface area contributed by atoms with Crippen molar-refractivity contribution in [3.8, 4) is 0 Å². The summed E-state index contributed by atoms with van der Waals surface area (Å²) >= 11 is 0. The molecule has 0 aliphatic carbocycles. The zero-order valence-corrected chi connectivity index (χ0v) is 18.9. The zero-order valence-electron chi connectivity index (χ0n) is 18.9. The van der Waals surface area contributed by atoms with Gasteiger partial charge in [0, 0.05) is 58.0 Å². The molecule has 4 rings (SSSR count). The van der Waals surface area contributed by atoms with E-state index in [2.05, 4.69) is 64.8 Å². The Morgan fingerprint density at radius 3 is 2.39 bits per heavy atom. The van der Waals surface area contributed by atoms with E-state index >= 15 is 0 Å². The predicted molar refractivity (Wildman–Crippen MR) is 127 cm³/mol. The van der Waals surface area contributed by atoms with E-state index in [1.807, 2.05) is 12.1 Å². The summed E-state index contributed by atoms with van der Waals surface area (Å²) < 4.78 is 13.2. The number of hydrogen-bond acceptors (Lipinski definition) is 4. The number of likely N-dealkylation sites (tertiary alicyclic amines) is 1. The highest BCUT2D eigenvalue weighted by Gasteiger charge is 2.23. The van der Waals surface area contributed by atoms with Gasteiger partial charge in [0.15, 0.2) is 0 Å². The third kappa shape index (κ3) is 5.46. The van der Waals surface area contributed by atoms with Gasteiger partial charge in [-0.05, 0) is 61.1 Å². The molecule has 0 amide bonds. The molecule has 2 aromatic rings.